The molecular weight excluding hydrogens is 312 g/mol. The molecule has 0 saturated carbocycles. The van der Waals surface area contributed by atoms with Crippen LogP contribution in [0, 0.1) is 6.92 Å². The zero-order valence-electron chi connectivity index (χ0n) is 14.6. The van der Waals surface area contributed by atoms with Crippen molar-refractivity contribution in [3.8, 4) is 0 Å². The molecule has 0 spiro atoms. The Morgan fingerprint density at radius 3 is 2.43 bits per heavy atom. The molecule has 2 rings (SSSR count). The third kappa shape index (κ3) is 5.01. The number of morpholine rings is 1. The van der Waals surface area contributed by atoms with E-state index in [1.165, 1.54) is 0 Å². The predicted octanol–water partition coefficient (Wildman–Crippen LogP) is 1.90. The van der Waals surface area contributed by atoms with Crippen LogP contribution in [0.25, 0.3) is 0 Å². The summed E-state index contributed by atoms with van der Waals surface area (Å²) in [6.07, 6.45) is 0. The molecule has 1 aliphatic rings. The lowest BCUT2D eigenvalue weighted by Crippen LogP contribution is -2.41. The Kier molecular flexibility index (Phi) is 5.84. The van der Waals surface area contributed by atoms with Crippen LogP contribution in [-0.4, -0.2) is 52.7 Å². The maximum Gasteiger partial charge on any atom is 0.240 e. The largest absolute Gasteiger partial charge is 0.379 e. The molecule has 0 atom stereocenters. The Morgan fingerprint density at radius 1 is 1.22 bits per heavy atom. The summed E-state index contributed by atoms with van der Waals surface area (Å²) in [5.74, 6) is 0. The van der Waals surface area contributed by atoms with Gasteiger partial charge in [-0.3, -0.25) is 4.90 Å². The summed E-state index contributed by atoms with van der Waals surface area (Å²) in [7, 11) is -3.46. The van der Waals surface area contributed by atoms with E-state index in [0.717, 1.165) is 37.4 Å². The number of benzene rings is 1. The minimum Gasteiger partial charge on any atom is -0.379 e. The van der Waals surface area contributed by atoms with E-state index in [0.29, 0.717) is 18.0 Å². The lowest BCUT2D eigenvalue weighted by Gasteiger charge is -2.26. The second kappa shape index (κ2) is 7.30. The second-order valence-corrected chi connectivity index (χ2v) is 8.82. The molecule has 1 fully saturated rings. The first-order valence-electron chi connectivity index (χ1n) is 8.11. The van der Waals surface area contributed by atoms with E-state index >= 15 is 0 Å². The fourth-order valence-corrected chi connectivity index (χ4v) is 3.90. The van der Waals surface area contributed by atoms with Crippen LogP contribution < -0.4 is 4.72 Å². The van der Waals surface area contributed by atoms with Gasteiger partial charge in [0.2, 0.25) is 10.0 Å². The van der Waals surface area contributed by atoms with E-state index in [2.05, 4.69) is 30.4 Å². The van der Waals surface area contributed by atoms with Gasteiger partial charge in [0, 0.05) is 26.2 Å². The molecule has 6 heteroatoms. The Hall–Kier alpha value is -0.950. The number of hydrogen-bond acceptors (Lipinski definition) is 4. The summed E-state index contributed by atoms with van der Waals surface area (Å²) in [6.45, 7) is 12.5. The molecular formula is C17H28N2O3S. The average molecular weight is 340 g/mol. The van der Waals surface area contributed by atoms with Gasteiger partial charge in [-0.05, 0) is 29.5 Å². The molecule has 1 N–H and O–H groups in total. The topological polar surface area (TPSA) is 58.6 Å². The van der Waals surface area contributed by atoms with Crippen LogP contribution in [0.4, 0.5) is 0 Å². The Balaban J connectivity index is 2.01. The fraction of sp³-hybridized carbons (Fsp3) is 0.647. The SMILES string of the molecule is Cc1cc(C(C)(C)C)ccc1S(=O)(=O)NCCN1CCOCC1. The van der Waals surface area contributed by atoms with Gasteiger partial charge in [0.05, 0.1) is 18.1 Å². The van der Waals surface area contributed by atoms with Crippen molar-refractivity contribution in [3.63, 3.8) is 0 Å². The molecule has 1 aromatic carbocycles. The average Bonchev–Trinajstić information content (AvgIpc) is 2.47. The van der Waals surface area contributed by atoms with Crippen molar-refractivity contribution >= 4 is 10.0 Å². The summed E-state index contributed by atoms with van der Waals surface area (Å²) in [5, 5.41) is 0. The molecule has 0 aliphatic carbocycles. The van der Waals surface area contributed by atoms with Gasteiger partial charge in [-0.25, -0.2) is 13.1 Å². The molecule has 0 radical (unpaired) electrons. The lowest BCUT2D eigenvalue weighted by atomic mass is 9.86. The number of ether oxygens (including phenoxy) is 1. The van der Waals surface area contributed by atoms with E-state index in [1.807, 2.05) is 19.1 Å². The first-order chi connectivity index (χ1) is 10.7. The maximum atomic E-state index is 12.5. The van der Waals surface area contributed by atoms with Crippen molar-refractivity contribution in [3.05, 3.63) is 29.3 Å². The summed E-state index contributed by atoms with van der Waals surface area (Å²) < 4.78 is 33.0. The molecule has 1 aliphatic heterocycles. The maximum absolute atomic E-state index is 12.5. The molecule has 1 heterocycles. The van der Waals surface area contributed by atoms with Crippen LogP contribution in [0.15, 0.2) is 23.1 Å². The molecule has 5 nitrogen and oxygen atoms in total. The van der Waals surface area contributed by atoms with E-state index in [9.17, 15) is 8.42 Å². The standard InChI is InChI=1S/C17H28N2O3S/c1-14-13-15(17(2,3)4)5-6-16(14)23(20,21)18-7-8-19-9-11-22-12-10-19/h5-6,13,18H,7-12H2,1-4H3. The van der Waals surface area contributed by atoms with Gasteiger partial charge in [0.25, 0.3) is 0 Å². The van der Waals surface area contributed by atoms with Crippen LogP contribution in [0.1, 0.15) is 31.9 Å². The van der Waals surface area contributed by atoms with Crippen molar-refractivity contribution in [2.75, 3.05) is 39.4 Å². The second-order valence-electron chi connectivity index (χ2n) is 7.08. The Morgan fingerprint density at radius 2 is 1.87 bits per heavy atom. The van der Waals surface area contributed by atoms with Gasteiger partial charge in [-0.15, -0.1) is 0 Å². The molecule has 0 unspecified atom stereocenters. The van der Waals surface area contributed by atoms with Gasteiger partial charge in [0.15, 0.2) is 0 Å². The molecule has 0 bridgehead atoms. The fourth-order valence-electron chi connectivity index (χ4n) is 2.66. The highest BCUT2D eigenvalue weighted by Gasteiger charge is 2.20. The van der Waals surface area contributed by atoms with Crippen molar-refractivity contribution in [2.24, 2.45) is 0 Å². The van der Waals surface area contributed by atoms with Crippen LogP contribution in [0.3, 0.4) is 0 Å². The number of nitrogens with one attached hydrogen (secondary N) is 1. The van der Waals surface area contributed by atoms with Crippen molar-refractivity contribution in [1.82, 2.24) is 9.62 Å². The molecule has 0 amide bonds. The van der Waals surface area contributed by atoms with E-state index in [1.54, 1.807) is 6.07 Å². The van der Waals surface area contributed by atoms with Gasteiger partial charge in [0.1, 0.15) is 0 Å². The lowest BCUT2D eigenvalue weighted by molar-refractivity contribution is 0.0390. The van der Waals surface area contributed by atoms with Crippen molar-refractivity contribution in [2.45, 2.75) is 38.0 Å². The van der Waals surface area contributed by atoms with Gasteiger partial charge < -0.3 is 4.74 Å². The molecule has 0 aromatic heterocycles. The first kappa shape index (κ1) is 18.4. The quantitative estimate of drug-likeness (QED) is 0.889. The monoisotopic (exact) mass is 340 g/mol. The van der Waals surface area contributed by atoms with Crippen molar-refractivity contribution < 1.29 is 13.2 Å². The Bertz CT molecular complexity index is 630. The Labute approximate surface area is 140 Å². The van der Waals surface area contributed by atoms with Crippen LogP contribution in [0.5, 0.6) is 0 Å². The number of hydrogen-bond donors (Lipinski definition) is 1. The van der Waals surface area contributed by atoms with E-state index in [-0.39, 0.29) is 5.41 Å². The van der Waals surface area contributed by atoms with Crippen LogP contribution in [0.2, 0.25) is 0 Å². The normalized spacial score (nSPS) is 17.4. The summed E-state index contributed by atoms with van der Waals surface area (Å²) in [4.78, 5) is 2.58. The highest BCUT2D eigenvalue weighted by molar-refractivity contribution is 7.89. The van der Waals surface area contributed by atoms with Crippen LogP contribution >= 0.6 is 0 Å². The van der Waals surface area contributed by atoms with E-state index < -0.39 is 10.0 Å². The number of rotatable bonds is 5. The minimum absolute atomic E-state index is 0.0107. The zero-order valence-corrected chi connectivity index (χ0v) is 15.4. The molecule has 1 saturated heterocycles. The van der Waals surface area contributed by atoms with Gasteiger partial charge >= 0.3 is 0 Å². The van der Waals surface area contributed by atoms with Gasteiger partial charge in [-0.1, -0.05) is 32.9 Å². The number of nitrogens with zero attached hydrogens (tertiary/aromatic N) is 1. The minimum atomic E-state index is -3.46. The van der Waals surface area contributed by atoms with Crippen molar-refractivity contribution in [1.29, 1.82) is 0 Å². The zero-order chi connectivity index (χ0) is 17.1. The predicted molar refractivity (Wildman–Crippen MR) is 92.3 cm³/mol. The highest BCUT2D eigenvalue weighted by atomic mass is 32.2. The molecule has 1 aromatic rings. The molecule has 23 heavy (non-hydrogen) atoms. The number of aryl methyl sites for hydroxylation is 1. The smallest absolute Gasteiger partial charge is 0.240 e. The third-order valence-electron chi connectivity index (χ3n) is 4.15. The summed E-state index contributed by atoms with van der Waals surface area (Å²) in [6, 6.07) is 5.59. The van der Waals surface area contributed by atoms with Gasteiger partial charge in [-0.2, -0.15) is 0 Å². The van der Waals surface area contributed by atoms with E-state index in [4.69, 9.17) is 4.74 Å². The number of sulfonamides is 1. The third-order valence-corrected chi connectivity index (χ3v) is 5.78. The van der Waals surface area contributed by atoms with Crippen LogP contribution in [-0.2, 0) is 20.2 Å². The summed E-state index contributed by atoms with van der Waals surface area (Å²) in [5.41, 5.74) is 1.94. The summed E-state index contributed by atoms with van der Waals surface area (Å²) >= 11 is 0. The first-order valence-corrected chi connectivity index (χ1v) is 9.59. The highest BCUT2D eigenvalue weighted by Crippen LogP contribution is 2.26. The molecule has 130 valence electrons.